The second-order valence-corrected chi connectivity index (χ2v) is 4.58. The van der Waals surface area contributed by atoms with Crippen molar-refractivity contribution in [3.05, 3.63) is 0 Å². The number of thioether (sulfide) groups is 1. The van der Waals surface area contributed by atoms with E-state index in [0.717, 1.165) is 24.5 Å². The minimum atomic E-state index is -0.0309. The van der Waals surface area contributed by atoms with E-state index in [1.807, 2.05) is 6.92 Å². The number of aliphatic hydroxyl groups is 1. The first kappa shape index (κ1) is 11.8. The van der Waals surface area contributed by atoms with Crippen molar-refractivity contribution in [1.29, 1.82) is 0 Å². The molecule has 0 aromatic carbocycles. The van der Waals surface area contributed by atoms with E-state index in [1.165, 1.54) is 0 Å². The number of nitrogens with one attached hydrogen (secondary N) is 2. The fourth-order valence-corrected chi connectivity index (χ4v) is 2.32. The summed E-state index contributed by atoms with van der Waals surface area (Å²) < 4.78 is 0. The van der Waals surface area contributed by atoms with Gasteiger partial charge in [0.1, 0.15) is 0 Å². The van der Waals surface area contributed by atoms with Gasteiger partial charge in [-0.05, 0) is 19.8 Å². The van der Waals surface area contributed by atoms with Crippen molar-refractivity contribution in [2.75, 3.05) is 18.2 Å². The minimum Gasteiger partial charge on any atom is -0.396 e. The number of amides is 1. The summed E-state index contributed by atoms with van der Waals surface area (Å²) in [6.45, 7) is 2.16. The number of aliphatic hydroxyl groups excluding tert-OH is 1. The Morgan fingerprint density at radius 3 is 3.14 bits per heavy atom. The van der Waals surface area contributed by atoms with Gasteiger partial charge in [-0.25, -0.2) is 0 Å². The molecule has 0 radical (unpaired) electrons. The number of hydrogen-bond donors (Lipinski definition) is 3. The normalized spacial score (nSPS) is 23.4. The first-order valence-electron chi connectivity index (χ1n) is 4.96. The molecule has 2 atom stereocenters. The molecule has 0 aliphatic carbocycles. The molecular weight excluding hydrogens is 200 g/mol. The zero-order valence-corrected chi connectivity index (χ0v) is 9.27. The Hall–Kier alpha value is -0.260. The van der Waals surface area contributed by atoms with Crippen LogP contribution in [0.5, 0.6) is 0 Å². The van der Waals surface area contributed by atoms with Gasteiger partial charge in [0.15, 0.2) is 0 Å². The molecule has 0 aromatic rings. The lowest BCUT2D eigenvalue weighted by Crippen LogP contribution is -2.45. The van der Waals surface area contributed by atoms with Crippen LogP contribution in [0.3, 0.4) is 0 Å². The van der Waals surface area contributed by atoms with Crippen molar-refractivity contribution in [1.82, 2.24) is 10.6 Å². The van der Waals surface area contributed by atoms with Gasteiger partial charge in [0.05, 0.1) is 6.04 Å². The highest BCUT2D eigenvalue weighted by atomic mass is 32.2. The van der Waals surface area contributed by atoms with Crippen molar-refractivity contribution < 1.29 is 9.90 Å². The molecule has 0 aromatic heterocycles. The maximum absolute atomic E-state index is 11.6. The molecule has 1 saturated heterocycles. The van der Waals surface area contributed by atoms with Gasteiger partial charge in [-0.1, -0.05) is 0 Å². The first-order valence-corrected chi connectivity index (χ1v) is 6.12. The summed E-state index contributed by atoms with van der Waals surface area (Å²) in [6, 6.07) is 0.124. The summed E-state index contributed by atoms with van der Waals surface area (Å²) >= 11 is 1.74. The highest BCUT2D eigenvalue weighted by molar-refractivity contribution is 7.99. The van der Waals surface area contributed by atoms with Crippen LogP contribution in [0.4, 0.5) is 0 Å². The number of rotatable bonds is 5. The average Bonchev–Trinajstić information content (AvgIpc) is 2.67. The second kappa shape index (κ2) is 6.27. The number of carbonyl (C=O) groups is 1. The Balaban J connectivity index is 2.18. The minimum absolute atomic E-state index is 0.0309. The van der Waals surface area contributed by atoms with Crippen molar-refractivity contribution in [3.8, 4) is 0 Å². The zero-order valence-electron chi connectivity index (χ0n) is 8.45. The van der Waals surface area contributed by atoms with Crippen LogP contribution in [0.2, 0.25) is 0 Å². The van der Waals surface area contributed by atoms with Gasteiger partial charge in [-0.2, -0.15) is 0 Å². The van der Waals surface area contributed by atoms with Crippen LogP contribution >= 0.6 is 11.8 Å². The van der Waals surface area contributed by atoms with Crippen LogP contribution in [0.15, 0.2) is 0 Å². The highest BCUT2D eigenvalue weighted by Gasteiger charge is 2.23. The monoisotopic (exact) mass is 218 g/mol. The average molecular weight is 218 g/mol. The number of carbonyl (C=O) groups excluding carboxylic acids is 1. The molecule has 3 N–H and O–H groups in total. The molecular formula is C9H18N2O2S. The topological polar surface area (TPSA) is 61.4 Å². The molecule has 0 bridgehead atoms. The molecule has 1 heterocycles. The maximum atomic E-state index is 11.6. The smallest absolute Gasteiger partial charge is 0.238 e. The van der Waals surface area contributed by atoms with Crippen LogP contribution in [0.25, 0.3) is 0 Å². The van der Waals surface area contributed by atoms with E-state index in [9.17, 15) is 4.79 Å². The SMILES string of the molecule is CC(CCCO)NC(=O)C1CSCN1. The summed E-state index contributed by atoms with van der Waals surface area (Å²) in [7, 11) is 0. The third-order valence-electron chi connectivity index (χ3n) is 2.22. The summed E-state index contributed by atoms with van der Waals surface area (Å²) in [4.78, 5) is 11.6. The van der Waals surface area contributed by atoms with E-state index in [1.54, 1.807) is 11.8 Å². The molecule has 1 rings (SSSR count). The summed E-state index contributed by atoms with van der Waals surface area (Å²) in [6.07, 6.45) is 1.58. The van der Waals surface area contributed by atoms with E-state index in [4.69, 9.17) is 5.11 Å². The van der Waals surface area contributed by atoms with Gasteiger partial charge in [0.2, 0.25) is 5.91 Å². The van der Waals surface area contributed by atoms with Gasteiger partial charge in [0, 0.05) is 24.3 Å². The molecule has 5 heteroatoms. The molecule has 1 fully saturated rings. The quantitative estimate of drug-likeness (QED) is 0.604. The fraction of sp³-hybridized carbons (Fsp3) is 0.889. The molecule has 2 unspecified atom stereocenters. The molecule has 14 heavy (non-hydrogen) atoms. The lowest BCUT2D eigenvalue weighted by Gasteiger charge is -2.16. The second-order valence-electron chi connectivity index (χ2n) is 3.55. The Kier molecular flexibility index (Phi) is 5.29. The van der Waals surface area contributed by atoms with Crippen LogP contribution < -0.4 is 10.6 Å². The van der Waals surface area contributed by atoms with E-state index < -0.39 is 0 Å². The van der Waals surface area contributed by atoms with E-state index >= 15 is 0 Å². The van der Waals surface area contributed by atoms with Crippen molar-refractivity contribution in [3.63, 3.8) is 0 Å². The van der Waals surface area contributed by atoms with Gasteiger partial charge in [-0.15, -0.1) is 11.8 Å². The molecule has 0 spiro atoms. The third kappa shape index (κ3) is 3.86. The summed E-state index contributed by atoms with van der Waals surface area (Å²) in [5.74, 6) is 1.81. The van der Waals surface area contributed by atoms with Crippen molar-refractivity contribution in [2.45, 2.75) is 31.8 Å². The van der Waals surface area contributed by atoms with Crippen LogP contribution in [-0.4, -0.2) is 41.3 Å². The fourth-order valence-electron chi connectivity index (χ4n) is 1.38. The first-order chi connectivity index (χ1) is 6.74. The van der Waals surface area contributed by atoms with Crippen molar-refractivity contribution >= 4 is 17.7 Å². The molecule has 82 valence electrons. The Labute approximate surface area is 88.8 Å². The molecule has 4 nitrogen and oxygen atoms in total. The Morgan fingerprint density at radius 2 is 2.57 bits per heavy atom. The Morgan fingerprint density at radius 1 is 1.79 bits per heavy atom. The van der Waals surface area contributed by atoms with E-state index in [0.29, 0.717) is 0 Å². The molecule has 1 aliphatic heterocycles. The van der Waals surface area contributed by atoms with Gasteiger partial charge >= 0.3 is 0 Å². The van der Waals surface area contributed by atoms with Crippen LogP contribution in [0, 0.1) is 0 Å². The van der Waals surface area contributed by atoms with E-state index in [2.05, 4.69) is 10.6 Å². The van der Waals surface area contributed by atoms with Gasteiger partial charge < -0.3 is 10.4 Å². The van der Waals surface area contributed by atoms with Crippen molar-refractivity contribution in [2.24, 2.45) is 0 Å². The third-order valence-corrected chi connectivity index (χ3v) is 3.16. The molecule has 1 amide bonds. The van der Waals surface area contributed by atoms with Gasteiger partial charge in [-0.3, -0.25) is 10.1 Å². The summed E-state index contributed by atoms with van der Waals surface area (Å²) in [5, 5.41) is 14.7. The zero-order chi connectivity index (χ0) is 10.4. The highest BCUT2D eigenvalue weighted by Crippen LogP contribution is 2.09. The lowest BCUT2D eigenvalue weighted by molar-refractivity contribution is -0.123. The maximum Gasteiger partial charge on any atom is 0.238 e. The lowest BCUT2D eigenvalue weighted by atomic mass is 10.2. The van der Waals surface area contributed by atoms with Crippen LogP contribution in [0.1, 0.15) is 19.8 Å². The van der Waals surface area contributed by atoms with E-state index in [-0.39, 0.29) is 24.6 Å². The predicted molar refractivity (Wildman–Crippen MR) is 58.2 cm³/mol. The number of hydrogen-bond acceptors (Lipinski definition) is 4. The van der Waals surface area contributed by atoms with Gasteiger partial charge in [0.25, 0.3) is 0 Å². The molecule has 1 aliphatic rings. The largest absolute Gasteiger partial charge is 0.396 e. The van der Waals surface area contributed by atoms with Crippen LogP contribution in [-0.2, 0) is 4.79 Å². The summed E-state index contributed by atoms with van der Waals surface area (Å²) in [5.41, 5.74) is 0. The standard InChI is InChI=1S/C9H18N2O2S/c1-7(3-2-4-12)11-9(13)8-5-14-6-10-8/h7-8,10,12H,2-6H2,1H3,(H,11,13). The molecule has 0 saturated carbocycles. The predicted octanol–water partition coefficient (Wildman–Crippen LogP) is -0.0739. The Bertz CT molecular complexity index is 184.